The van der Waals surface area contributed by atoms with Crippen molar-refractivity contribution in [1.29, 1.82) is 0 Å². The van der Waals surface area contributed by atoms with E-state index in [9.17, 15) is 4.79 Å². The van der Waals surface area contributed by atoms with E-state index in [2.05, 4.69) is 0 Å². The quantitative estimate of drug-likeness (QED) is 0.907. The van der Waals surface area contributed by atoms with Crippen molar-refractivity contribution in [3.05, 3.63) is 29.8 Å². The molecule has 1 aliphatic heterocycles. The van der Waals surface area contributed by atoms with Crippen LogP contribution in [0.1, 0.15) is 36.0 Å². The van der Waals surface area contributed by atoms with E-state index in [1.165, 1.54) is 6.42 Å². The molecule has 0 aliphatic carbocycles. The van der Waals surface area contributed by atoms with Gasteiger partial charge in [0.05, 0.1) is 7.11 Å². The monoisotopic (exact) mass is 262 g/mol. The van der Waals surface area contributed by atoms with Gasteiger partial charge in [-0.2, -0.15) is 0 Å². The van der Waals surface area contributed by atoms with Crippen LogP contribution in [0.3, 0.4) is 0 Å². The van der Waals surface area contributed by atoms with Crippen LogP contribution in [0.15, 0.2) is 24.3 Å². The number of hydrogen-bond acceptors (Lipinski definition) is 3. The third kappa shape index (κ3) is 3.26. The SMILES string of the molecule is COc1ccc(C(=O)N2CCCCCC2CN)cc1. The number of carbonyl (C=O) groups is 1. The summed E-state index contributed by atoms with van der Waals surface area (Å²) in [5, 5.41) is 0. The van der Waals surface area contributed by atoms with Gasteiger partial charge >= 0.3 is 0 Å². The number of carbonyl (C=O) groups excluding carboxylic acids is 1. The van der Waals surface area contributed by atoms with Gasteiger partial charge in [0.1, 0.15) is 5.75 Å². The molecule has 1 aliphatic rings. The van der Waals surface area contributed by atoms with E-state index >= 15 is 0 Å². The van der Waals surface area contributed by atoms with Crippen LogP contribution in [0.4, 0.5) is 0 Å². The van der Waals surface area contributed by atoms with E-state index in [4.69, 9.17) is 10.5 Å². The Kier molecular flexibility index (Phi) is 4.80. The van der Waals surface area contributed by atoms with Gasteiger partial charge in [-0.25, -0.2) is 0 Å². The number of hydrogen-bond donors (Lipinski definition) is 1. The van der Waals surface area contributed by atoms with Gasteiger partial charge in [-0.05, 0) is 37.1 Å². The summed E-state index contributed by atoms with van der Waals surface area (Å²) in [5.74, 6) is 0.850. The molecule has 104 valence electrons. The van der Waals surface area contributed by atoms with Crippen molar-refractivity contribution in [2.24, 2.45) is 5.73 Å². The van der Waals surface area contributed by atoms with Gasteiger partial charge in [-0.15, -0.1) is 0 Å². The van der Waals surface area contributed by atoms with Gasteiger partial charge in [0.25, 0.3) is 5.91 Å². The molecule has 1 heterocycles. The van der Waals surface area contributed by atoms with Gasteiger partial charge in [0.15, 0.2) is 0 Å². The summed E-state index contributed by atoms with van der Waals surface area (Å²) in [6.45, 7) is 1.36. The first-order valence-electron chi connectivity index (χ1n) is 6.91. The number of benzene rings is 1. The van der Waals surface area contributed by atoms with Crippen molar-refractivity contribution in [1.82, 2.24) is 4.90 Å². The molecule has 2 rings (SSSR count). The lowest BCUT2D eigenvalue weighted by atomic mass is 10.1. The molecule has 19 heavy (non-hydrogen) atoms. The van der Waals surface area contributed by atoms with Crippen LogP contribution in [0.2, 0.25) is 0 Å². The molecule has 0 spiro atoms. The first-order valence-corrected chi connectivity index (χ1v) is 6.91. The minimum absolute atomic E-state index is 0.0833. The normalized spacial score (nSPS) is 19.9. The maximum Gasteiger partial charge on any atom is 0.254 e. The molecule has 0 aromatic heterocycles. The average molecular weight is 262 g/mol. The van der Waals surface area contributed by atoms with Crippen molar-refractivity contribution in [3.63, 3.8) is 0 Å². The maximum atomic E-state index is 12.6. The number of rotatable bonds is 3. The molecule has 1 aromatic carbocycles. The standard InChI is InChI=1S/C15H22N2O2/c1-19-14-8-6-12(7-9-14)15(18)17-10-4-2-3-5-13(17)11-16/h6-9,13H,2-5,10-11,16H2,1H3. The minimum atomic E-state index is 0.0833. The van der Waals surface area contributed by atoms with Gasteiger partial charge in [0, 0.05) is 24.7 Å². The van der Waals surface area contributed by atoms with E-state index < -0.39 is 0 Å². The predicted octanol–water partition coefficient (Wildman–Crippen LogP) is 2.04. The van der Waals surface area contributed by atoms with Crippen LogP contribution in [-0.2, 0) is 0 Å². The number of amides is 1. The lowest BCUT2D eigenvalue weighted by molar-refractivity contribution is 0.0689. The molecule has 0 radical (unpaired) electrons. The topological polar surface area (TPSA) is 55.6 Å². The summed E-state index contributed by atoms with van der Waals surface area (Å²) in [6.07, 6.45) is 4.42. The van der Waals surface area contributed by atoms with Crippen LogP contribution in [0.5, 0.6) is 5.75 Å². The Morgan fingerprint density at radius 1 is 1.32 bits per heavy atom. The van der Waals surface area contributed by atoms with Crippen LogP contribution in [0, 0.1) is 0 Å². The summed E-state index contributed by atoms with van der Waals surface area (Å²) in [7, 11) is 1.62. The van der Waals surface area contributed by atoms with Crippen LogP contribution >= 0.6 is 0 Å². The highest BCUT2D eigenvalue weighted by molar-refractivity contribution is 5.94. The predicted molar refractivity (Wildman–Crippen MR) is 75.3 cm³/mol. The number of likely N-dealkylation sites (tertiary alicyclic amines) is 1. The zero-order valence-electron chi connectivity index (χ0n) is 11.5. The molecule has 4 nitrogen and oxygen atoms in total. The van der Waals surface area contributed by atoms with Crippen LogP contribution in [-0.4, -0.2) is 37.0 Å². The third-order valence-electron chi connectivity index (χ3n) is 3.75. The molecule has 1 unspecified atom stereocenters. The Morgan fingerprint density at radius 3 is 2.68 bits per heavy atom. The number of nitrogens with two attached hydrogens (primary N) is 1. The van der Waals surface area contributed by atoms with E-state index in [-0.39, 0.29) is 11.9 Å². The van der Waals surface area contributed by atoms with E-state index in [1.54, 1.807) is 7.11 Å². The zero-order chi connectivity index (χ0) is 13.7. The molecule has 1 fully saturated rings. The molecule has 2 N–H and O–H groups in total. The second kappa shape index (κ2) is 6.57. The first-order chi connectivity index (χ1) is 9.26. The average Bonchev–Trinajstić information content (AvgIpc) is 2.71. The molecule has 4 heteroatoms. The molecular weight excluding hydrogens is 240 g/mol. The highest BCUT2D eigenvalue weighted by Crippen LogP contribution is 2.20. The summed E-state index contributed by atoms with van der Waals surface area (Å²) in [5.41, 5.74) is 6.52. The minimum Gasteiger partial charge on any atom is -0.497 e. The molecule has 1 atom stereocenters. The van der Waals surface area contributed by atoms with Gasteiger partial charge in [-0.3, -0.25) is 4.79 Å². The summed E-state index contributed by atoms with van der Waals surface area (Å²) >= 11 is 0. The fraction of sp³-hybridized carbons (Fsp3) is 0.533. The summed E-state index contributed by atoms with van der Waals surface area (Å²) in [6, 6.07) is 7.46. The van der Waals surface area contributed by atoms with Gasteiger partial charge in [0.2, 0.25) is 0 Å². The lowest BCUT2D eigenvalue weighted by Crippen LogP contribution is -2.44. The Hall–Kier alpha value is -1.55. The van der Waals surface area contributed by atoms with Crippen LogP contribution < -0.4 is 10.5 Å². The molecule has 0 saturated carbocycles. The van der Waals surface area contributed by atoms with Gasteiger partial charge in [-0.1, -0.05) is 12.8 Å². The fourth-order valence-electron chi connectivity index (χ4n) is 2.59. The Bertz CT molecular complexity index is 417. The Labute approximate surface area is 114 Å². The molecule has 1 aromatic rings. The molecule has 1 amide bonds. The third-order valence-corrected chi connectivity index (χ3v) is 3.75. The summed E-state index contributed by atoms with van der Waals surface area (Å²) in [4.78, 5) is 14.5. The van der Waals surface area contributed by atoms with Gasteiger partial charge < -0.3 is 15.4 Å². The largest absolute Gasteiger partial charge is 0.497 e. The smallest absolute Gasteiger partial charge is 0.254 e. The van der Waals surface area contributed by atoms with E-state index in [0.717, 1.165) is 31.6 Å². The fourth-order valence-corrected chi connectivity index (χ4v) is 2.59. The second-order valence-corrected chi connectivity index (χ2v) is 4.97. The van der Waals surface area contributed by atoms with E-state index in [1.807, 2.05) is 29.2 Å². The Morgan fingerprint density at radius 2 is 2.05 bits per heavy atom. The van der Waals surface area contributed by atoms with Crippen molar-refractivity contribution in [3.8, 4) is 5.75 Å². The van der Waals surface area contributed by atoms with E-state index in [0.29, 0.717) is 12.1 Å². The number of methoxy groups -OCH3 is 1. The summed E-state index contributed by atoms with van der Waals surface area (Å²) < 4.78 is 5.11. The highest BCUT2D eigenvalue weighted by Gasteiger charge is 2.25. The second-order valence-electron chi connectivity index (χ2n) is 4.97. The van der Waals surface area contributed by atoms with Crippen LogP contribution in [0.25, 0.3) is 0 Å². The Balaban J connectivity index is 2.15. The van der Waals surface area contributed by atoms with Crippen molar-refractivity contribution in [2.75, 3.05) is 20.2 Å². The molecular formula is C15H22N2O2. The number of ether oxygens (including phenoxy) is 1. The number of nitrogens with zero attached hydrogens (tertiary/aromatic N) is 1. The van der Waals surface area contributed by atoms with Crippen molar-refractivity contribution >= 4 is 5.91 Å². The highest BCUT2D eigenvalue weighted by atomic mass is 16.5. The lowest BCUT2D eigenvalue weighted by Gasteiger charge is -2.29. The maximum absolute atomic E-state index is 12.6. The molecule has 1 saturated heterocycles. The van der Waals surface area contributed by atoms with Crippen molar-refractivity contribution in [2.45, 2.75) is 31.7 Å². The van der Waals surface area contributed by atoms with Crippen molar-refractivity contribution < 1.29 is 9.53 Å². The zero-order valence-corrected chi connectivity index (χ0v) is 11.5. The first kappa shape index (κ1) is 13.9. The molecule has 0 bridgehead atoms.